The lowest BCUT2D eigenvalue weighted by Gasteiger charge is -2.50. The maximum Gasteiger partial charge on any atom is 0.0732 e. The smallest absolute Gasteiger partial charge is 0.0732 e. The van der Waals surface area contributed by atoms with Gasteiger partial charge in [-0.3, -0.25) is 0 Å². The van der Waals surface area contributed by atoms with E-state index in [9.17, 15) is 5.11 Å². The highest BCUT2D eigenvalue weighted by atomic mass is 32.2. The third kappa shape index (κ3) is 1.77. The van der Waals surface area contributed by atoms with Gasteiger partial charge < -0.3 is 9.84 Å². The summed E-state index contributed by atoms with van der Waals surface area (Å²) < 4.78 is 5.31. The molecule has 1 heterocycles. The number of thioether (sulfide) groups is 1. The van der Waals surface area contributed by atoms with E-state index in [1.54, 1.807) is 11.8 Å². The van der Waals surface area contributed by atoms with Gasteiger partial charge in [-0.05, 0) is 37.8 Å². The van der Waals surface area contributed by atoms with Crippen molar-refractivity contribution in [2.45, 2.75) is 29.8 Å². The van der Waals surface area contributed by atoms with Crippen LogP contribution in [0.5, 0.6) is 0 Å². The Balaban J connectivity index is 2.34. The number of hydrogen-bond acceptors (Lipinski definition) is 3. The van der Waals surface area contributed by atoms with Crippen molar-refractivity contribution in [1.29, 1.82) is 0 Å². The molecular formula is C13H18O2S. The first-order chi connectivity index (χ1) is 7.49. The first-order valence-electron chi connectivity index (χ1n) is 5.44. The standard InChI is InChI=1S/C13H18O2S/c1-12(2,14)13(8-15-9-13)10-4-6-11(16-3)7-5-10/h4-7,14H,8-9H2,1-3H3. The van der Waals surface area contributed by atoms with Gasteiger partial charge >= 0.3 is 0 Å². The maximum atomic E-state index is 10.3. The zero-order chi connectivity index (χ0) is 11.8. The third-order valence-corrected chi connectivity index (χ3v) is 4.25. The molecular weight excluding hydrogens is 220 g/mol. The van der Waals surface area contributed by atoms with Gasteiger partial charge in [0.1, 0.15) is 0 Å². The van der Waals surface area contributed by atoms with E-state index in [2.05, 4.69) is 30.5 Å². The second kappa shape index (κ2) is 4.06. The zero-order valence-electron chi connectivity index (χ0n) is 9.99. The molecule has 16 heavy (non-hydrogen) atoms. The molecule has 2 nitrogen and oxygen atoms in total. The van der Waals surface area contributed by atoms with Crippen molar-refractivity contribution in [3.63, 3.8) is 0 Å². The summed E-state index contributed by atoms with van der Waals surface area (Å²) in [6.45, 7) is 4.93. The average molecular weight is 238 g/mol. The molecule has 0 amide bonds. The SMILES string of the molecule is CSc1ccc(C2(C(C)(C)O)COC2)cc1. The number of rotatable bonds is 3. The van der Waals surface area contributed by atoms with Crippen LogP contribution in [0.3, 0.4) is 0 Å². The number of benzene rings is 1. The highest BCUT2D eigenvalue weighted by Gasteiger charge is 2.51. The molecule has 1 fully saturated rings. The second-order valence-electron chi connectivity index (χ2n) is 4.86. The quantitative estimate of drug-likeness (QED) is 0.820. The van der Waals surface area contributed by atoms with E-state index >= 15 is 0 Å². The fourth-order valence-electron chi connectivity index (χ4n) is 2.09. The zero-order valence-corrected chi connectivity index (χ0v) is 10.8. The van der Waals surface area contributed by atoms with Gasteiger partial charge in [0, 0.05) is 4.90 Å². The Hall–Kier alpha value is -0.510. The van der Waals surface area contributed by atoms with Crippen LogP contribution < -0.4 is 0 Å². The Labute approximate surface area is 101 Å². The van der Waals surface area contributed by atoms with Gasteiger partial charge in [-0.15, -0.1) is 11.8 Å². The van der Waals surface area contributed by atoms with E-state index in [-0.39, 0.29) is 5.41 Å². The Kier molecular flexibility index (Phi) is 3.03. The first-order valence-corrected chi connectivity index (χ1v) is 6.67. The molecule has 0 saturated carbocycles. The molecule has 0 bridgehead atoms. The summed E-state index contributed by atoms with van der Waals surface area (Å²) >= 11 is 1.73. The lowest BCUT2D eigenvalue weighted by atomic mass is 9.67. The fourth-order valence-corrected chi connectivity index (χ4v) is 2.50. The van der Waals surface area contributed by atoms with Gasteiger partial charge in [-0.2, -0.15) is 0 Å². The minimum absolute atomic E-state index is 0.232. The van der Waals surface area contributed by atoms with E-state index in [0.29, 0.717) is 13.2 Å². The van der Waals surface area contributed by atoms with E-state index in [1.807, 2.05) is 13.8 Å². The number of ether oxygens (including phenoxy) is 1. The molecule has 1 aliphatic rings. The summed E-state index contributed by atoms with van der Waals surface area (Å²) in [5.74, 6) is 0. The van der Waals surface area contributed by atoms with Crippen LogP contribution in [0, 0.1) is 0 Å². The van der Waals surface area contributed by atoms with Crippen LogP contribution in [0.15, 0.2) is 29.2 Å². The van der Waals surface area contributed by atoms with Crippen LogP contribution in [0.2, 0.25) is 0 Å². The molecule has 0 radical (unpaired) electrons. The van der Waals surface area contributed by atoms with Crippen molar-refractivity contribution in [3.8, 4) is 0 Å². The van der Waals surface area contributed by atoms with Gasteiger partial charge in [0.2, 0.25) is 0 Å². The minimum Gasteiger partial charge on any atom is -0.389 e. The second-order valence-corrected chi connectivity index (χ2v) is 5.74. The molecule has 1 aromatic rings. The van der Waals surface area contributed by atoms with Crippen LogP contribution in [0.1, 0.15) is 19.4 Å². The van der Waals surface area contributed by atoms with Crippen LogP contribution in [0.25, 0.3) is 0 Å². The first kappa shape index (κ1) is 12.0. The van der Waals surface area contributed by atoms with Crippen molar-refractivity contribution in [2.75, 3.05) is 19.5 Å². The molecule has 2 rings (SSSR count). The van der Waals surface area contributed by atoms with E-state index in [0.717, 1.165) is 0 Å². The maximum absolute atomic E-state index is 10.3. The van der Waals surface area contributed by atoms with Gasteiger partial charge in [-0.1, -0.05) is 12.1 Å². The van der Waals surface area contributed by atoms with Crippen molar-refractivity contribution >= 4 is 11.8 Å². The monoisotopic (exact) mass is 238 g/mol. The summed E-state index contributed by atoms with van der Waals surface area (Å²) in [6.07, 6.45) is 2.06. The summed E-state index contributed by atoms with van der Waals surface area (Å²) in [4.78, 5) is 1.25. The molecule has 1 saturated heterocycles. The minimum atomic E-state index is -0.744. The van der Waals surface area contributed by atoms with Crippen molar-refractivity contribution in [2.24, 2.45) is 0 Å². The number of aliphatic hydroxyl groups is 1. The van der Waals surface area contributed by atoms with Gasteiger partial charge in [0.25, 0.3) is 0 Å². The Bertz CT molecular complexity index is 361. The van der Waals surface area contributed by atoms with Crippen LogP contribution in [-0.2, 0) is 10.2 Å². The molecule has 88 valence electrons. The van der Waals surface area contributed by atoms with E-state index in [1.165, 1.54) is 10.5 Å². The Morgan fingerprint density at radius 3 is 2.12 bits per heavy atom. The molecule has 0 aromatic heterocycles. The highest BCUT2D eigenvalue weighted by Crippen LogP contribution is 2.42. The summed E-state index contributed by atoms with van der Waals surface area (Å²) in [5, 5.41) is 10.3. The largest absolute Gasteiger partial charge is 0.389 e. The summed E-state index contributed by atoms with van der Waals surface area (Å²) in [7, 11) is 0. The molecule has 1 N–H and O–H groups in total. The molecule has 0 atom stereocenters. The van der Waals surface area contributed by atoms with Crippen LogP contribution in [0.4, 0.5) is 0 Å². The summed E-state index contributed by atoms with van der Waals surface area (Å²) in [6, 6.07) is 8.41. The normalized spacial score (nSPS) is 19.2. The summed E-state index contributed by atoms with van der Waals surface area (Å²) in [5.41, 5.74) is 0.194. The third-order valence-electron chi connectivity index (χ3n) is 3.51. The predicted octanol–water partition coefficient (Wildman–Crippen LogP) is 2.45. The average Bonchev–Trinajstić information content (AvgIpc) is 2.15. The van der Waals surface area contributed by atoms with Gasteiger partial charge in [0.05, 0.1) is 24.2 Å². The molecule has 1 aromatic carbocycles. The Morgan fingerprint density at radius 2 is 1.81 bits per heavy atom. The predicted molar refractivity (Wildman–Crippen MR) is 67.0 cm³/mol. The van der Waals surface area contributed by atoms with Crippen LogP contribution in [-0.4, -0.2) is 30.2 Å². The molecule has 3 heteroatoms. The molecule has 1 aliphatic heterocycles. The highest BCUT2D eigenvalue weighted by molar-refractivity contribution is 7.98. The molecule has 0 unspecified atom stereocenters. The van der Waals surface area contributed by atoms with E-state index in [4.69, 9.17) is 4.74 Å². The molecule has 0 spiro atoms. The van der Waals surface area contributed by atoms with E-state index < -0.39 is 5.60 Å². The van der Waals surface area contributed by atoms with Crippen molar-refractivity contribution in [3.05, 3.63) is 29.8 Å². The van der Waals surface area contributed by atoms with Gasteiger partial charge in [0.15, 0.2) is 0 Å². The lowest BCUT2D eigenvalue weighted by molar-refractivity contribution is -0.157. The van der Waals surface area contributed by atoms with Crippen molar-refractivity contribution in [1.82, 2.24) is 0 Å². The Morgan fingerprint density at radius 1 is 1.25 bits per heavy atom. The van der Waals surface area contributed by atoms with Crippen molar-refractivity contribution < 1.29 is 9.84 Å². The molecule has 0 aliphatic carbocycles. The van der Waals surface area contributed by atoms with Gasteiger partial charge in [-0.25, -0.2) is 0 Å². The topological polar surface area (TPSA) is 29.5 Å². The fraction of sp³-hybridized carbons (Fsp3) is 0.538. The lowest BCUT2D eigenvalue weighted by Crippen LogP contribution is -2.60. The van der Waals surface area contributed by atoms with Crippen LogP contribution >= 0.6 is 11.8 Å². The number of hydrogen-bond donors (Lipinski definition) is 1.